The van der Waals surface area contributed by atoms with Crippen LogP contribution in [0.5, 0.6) is 0 Å². The van der Waals surface area contributed by atoms with Gasteiger partial charge < -0.3 is 20.7 Å². The summed E-state index contributed by atoms with van der Waals surface area (Å²) in [5.41, 5.74) is 2.65. The fourth-order valence-electron chi connectivity index (χ4n) is 3.09. The van der Waals surface area contributed by atoms with Crippen LogP contribution in [0.15, 0.2) is 0 Å². The molecule has 22 heavy (non-hydrogen) atoms. The molecular weight excluding hydrogens is 282 g/mol. The molecule has 1 aliphatic heterocycles. The van der Waals surface area contributed by atoms with E-state index in [1.807, 2.05) is 13.8 Å². The lowest BCUT2D eigenvalue weighted by Crippen LogP contribution is -2.35. The van der Waals surface area contributed by atoms with Gasteiger partial charge in [-0.05, 0) is 25.8 Å². The monoisotopic (exact) mass is 307 g/mol. The topological polar surface area (TPSA) is 94.2 Å². The van der Waals surface area contributed by atoms with Crippen LogP contribution in [-0.4, -0.2) is 47.5 Å². The minimum Gasteiger partial charge on any atom is -0.391 e. The van der Waals surface area contributed by atoms with E-state index in [1.54, 1.807) is 0 Å². The van der Waals surface area contributed by atoms with Crippen molar-refractivity contribution in [2.24, 2.45) is 5.92 Å². The first-order chi connectivity index (χ1) is 10.5. The number of Topliss-reactive ketones (excluding diaryl/α,β-unsaturated/α-hetero) is 1. The number of rotatable bonds is 6. The third-order valence-electron chi connectivity index (χ3n) is 4.20. The molecule has 2 rings (SSSR count). The molecule has 1 aromatic heterocycles. The molecule has 0 aromatic carbocycles. The van der Waals surface area contributed by atoms with Gasteiger partial charge in [0.2, 0.25) is 0 Å². The first-order valence-corrected chi connectivity index (χ1v) is 7.85. The van der Waals surface area contributed by atoms with Crippen LogP contribution in [0.2, 0.25) is 0 Å². The molecule has 2 unspecified atom stereocenters. The number of hydrogen-bond acceptors (Lipinski definition) is 4. The Balaban J connectivity index is 2.14. The number of aliphatic hydroxyl groups excluding tert-OH is 1. The molecule has 2 heterocycles. The number of carbonyl (C=O) groups is 2. The summed E-state index contributed by atoms with van der Waals surface area (Å²) in [6.45, 7) is 7.05. The van der Waals surface area contributed by atoms with Gasteiger partial charge in [0, 0.05) is 36.8 Å². The molecule has 1 aliphatic rings. The average Bonchev–Trinajstić information content (AvgIpc) is 3.00. The van der Waals surface area contributed by atoms with Crippen molar-refractivity contribution in [1.82, 2.24) is 15.6 Å². The van der Waals surface area contributed by atoms with Gasteiger partial charge in [-0.1, -0.05) is 13.3 Å². The van der Waals surface area contributed by atoms with Gasteiger partial charge in [-0.2, -0.15) is 0 Å². The Bertz CT molecular complexity index is 565. The number of β-amino-alcohol motifs (C(OH)–C–C–N with tert-alkyl or cyclic N) is 1. The Kier molecular flexibility index (Phi) is 5.37. The molecular formula is C16H25N3O3. The van der Waals surface area contributed by atoms with Gasteiger partial charge in [-0.15, -0.1) is 0 Å². The zero-order chi connectivity index (χ0) is 16.3. The fourth-order valence-corrected chi connectivity index (χ4v) is 3.09. The summed E-state index contributed by atoms with van der Waals surface area (Å²) in [5, 5.41) is 15.7. The van der Waals surface area contributed by atoms with Crippen molar-refractivity contribution in [3.05, 3.63) is 22.5 Å². The first kappa shape index (κ1) is 16.7. The zero-order valence-electron chi connectivity index (χ0n) is 13.5. The summed E-state index contributed by atoms with van der Waals surface area (Å²) in [7, 11) is 0. The largest absolute Gasteiger partial charge is 0.391 e. The van der Waals surface area contributed by atoms with Crippen LogP contribution in [0.4, 0.5) is 0 Å². The third-order valence-corrected chi connectivity index (χ3v) is 4.20. The number of ketones is 1. The van der Waals surface area contributed by atoms with E-state index in [0.717, 1.165) is 17.7 Å². The number of H-pyrrole nitrogens is 1. The predicted octanol–water partition coefficient (Wildman–Crippen LogP) is 0.788. The summed E-state index contributed by atoms with van der Waals surface area (Å²) in [6.07, 6.45) is 1.13. The molecule has 1 fully saturated rings. The van der Waals surface area contributed by atoms with Crippen LogP contribution in [-0.2, 0) is 6.42 Å². The van der Waals surface area contributed by atoms with E-state index in [-0.39, 0.29) is 17.6 Å². The van der Waals surface area contributed by atoms with E-state index in [0.29, 0.717) is 37.3 Å². The van der Waals surface area contributed by atoms with Gasteiger partial charge in [0.1, 0.15) is 5.69 Å². The van der Waals surface area contributed by atoms with E-state index < -0.39 is 6.10 Å². The molecule has 122 valence electrons. The molecule has 4 N–H and O–H groups in total. The Morgan fingerprint density at radius 3 is 2.64 bits per heavy atom. The maximum atomic E-state index is 12.4. The lowest BCUT2D eigenvalue weighted by atomic mass is 10.0. The molecule has 0 saturated carbocycles. The van der Waals surface area contributed by atoms with Crippen LogP contribution in [0.25, 0.3) is 0 Å². The lowest BCUT2D eigenvalue weighted by Gasteiger charge is -2.14. The predicted molar refractivity (Wildman–Crippen MR) is 84.2 cm³/mol. The molecule has 0 spiro atoms. The van der Waals surface area contributed by atoms with E-state index in [9.17, 15) is 14.7 Å². The number of aryl methyl sites for hydroxylation is 1. The number of hydrogen-bond donors (Lipinski definition) is 4. The van der Waals surface area contributed by atoms with Crippen molar-refractivity contribution >= 4 is 11.7 Å². The van der Waals surface area contributed by atoms with Crippen LogP contribution in [0.3, 0.4) is 0 Å². The maximum absolute atomic E-state index is 12.4. The molecule has 1 aromatic rings. The zero-order valence-corrected chi connectivity index (χ0v) is 13.5. The van der Waals surface area contributed by atoms with Crippen molar-refractivity contribution in [2.75, 3.05) is 19.6 Å². The van der Waals surface area contributed by atoms with E-state index in [1.165, 1.54) is 6.92 Å². The Labute approximate surface area is 130 Å². The number of nitrogens with one attached hydrogen (secondary N) is 3. The van der Waals surface area contributed by atoms with Crippen LogP contribution in [0.1, 0.15) is 52.4 Å². The Hall–Kier alpha value is -1.66. The van der Waals surface area contributed by atoms with Gasteiger partial charge >= 0.3 is 0 Å². The molecule has 6 heteroatoms. The Morgan fingerprint density at radius 1 is 1.36 bits per heavy atom. The van der Waals surface area contributed by atoms with Crippen LogP contribution < -0.4 is 10.6 Å². The minimum absolute atomic E-state index is 0.0216. The number of carbonyl (C=O) groups excluding carboxylic acids is 2. The van der Waals surface area contributed by atoms with E-state index >= 15 is 0 Å². The summed E-state index contributed by atoms with van der Waals surface area (Å²) in [6, 6.07) is 0. The summed E-state index contributed by atoms with van der Waals surface area (Å²) >= 11 is 0. The second-order valence-corrected chi connectivity index (χ2v) is 5.98. The van der Waals surface area contributed by atoms with Gasteiger partial charge in [-0.25, -0.2) is 0 Å². The van der Waals surface area contributed by atoms with Crippen molar-refractivity contribution in [3.8, 4) is 0 Å². The smallest absolute Gasteiger partial charge is 0.268 e. The van der Waals surface area contributed by atoms with Gasteiger partial charge in [0.25, 0.3) is 5.91 Å². The van der Waals surface area contributed by atoms with E-state index in [4.69, 9.17) is 0 Å². The second-order valence-electron chi connectivity index (χ2n) is 5.98. The normalized spacial score (nSPS) is 21.1. The second kappa shape index (κ2) is 7.07. The highest BCUT2D eigenvalue weighted by Crippen LogP contribution is 2.21. The van der Waals surface area contributed by atoms with Gasteiger partial charge in [0.15, 0.2) is 5.78 Å². The average molecular weight is 307 g/mol. The van der Waals surface area contributed by atoms with Crippen molar-refractivity contribution in [1.29, 1.82) is 0 Å². The third kappa shape index (κ3) is 3.39. The molecule has 1 saturated heterocycles. The van der Waals surface area contributed by atoms with Crippen molar-refractivity contribution < 1.29 is 14.7 Å². The van der Waals surface area contributed by atoms with Crippen molar-refractivity contribution in [2.45, 2.75) is 39.7 Å². The highest BCUT2D eigenvalue weighted by Gasteiger charge is 2.27. The van der Waals surface area contributed by atoms with Crippen LogP contribution in [0, 0.1) is 12.8 Å². The molecule has 0 aliphatic carbocycles. The van der Waals surface area contributed by atoms with Crippen molar-refractivity contribution in [3.63, 3.8) is 0 Å². The number of aromatic amines is 1. The molecule has 1 amide bonds. The van der Waals surface area contributed by atoms with Crippen LogP contribution >= 0.6 is 0 Å². The molecule has 0 bridgehead atoms. The SMILES string of the molecule is CCCc1c(C(=O)NCC2CNCC2O)[nH]c(C)c1C(C)=O. The molecule has 0 radical (unpaired) electrons. The lowest BCUT2D eigenvalue weighted by molar-refractivity contribution is 0.0921. The van der Waals surface area contributed by atoms with Gasteiger partial charge in [-0.3, -0.25) is 9.59 Å². The number of aliphatic hydroxyl groups is 1. The maximum Gasteiger partial charge on any atom is 0.268 e. The quantitative estimate of drug-likeness (QED) is 0.584. The molecule has 2 atom stereocenters. The van der Waals surface area contributed by atoms with Gasteiger partial charge in [0.05, 0.1) is 6.10 Å². The highest BCUT2D eigenvalue weighted by molar-refractivity contribution is 6.02. The minimum atomic E-state index is -0.423. The molecule has 6 nitrogen and oxygen atoms in total. The first-order valence-electron chi connectivity index (χ1n) is 7.85. The standard InChI is InChI=1S/C16H25N3O3/c1-4-5-12-14(10(3)20)9(2)19-15(12)16(22)18-7-11-6-17-8-13(11)21/h11,13,17,19,21H,4-8H2,1-3H3,(H,18,22). The number of aromatic nitrogens is 1. The Morgan fingerprint density at radius 2 is 2.09 bits per heavy atom. The highest BCUT2D eigenvalue weighted by atomic mass is 16.3. The number of amides is 1. The summed E-state index contributed by atoms with van der Waals surface area (Å²) in [5.74, 6) is -0.202. The van der Waals surface area contributed by atoms with E-state index in [2.05, 4.69) is 15.6 Å². The fraction of sp³-hybridized carbons (Fsp3) is 0.625. The summed E-state index contributed by atoms with van der Waals surface area (Å²) < 4.78 is 0. The summed E-state index contributed by atoms with van der Waals surface area (Å²) in [4.78, 5) is 27.3.